The minimum Gasteiger partial charge on any atom is -0.305 e. The monoisotopic (exact) mass is 262 g/mol. The summed E-state index contributed by atoms with van der Waals surface area (Å²) in [6.45, 7) is 6.70. The van der Waals surface area contributed by atoms with E-state index >= 15 is 0 Å². The lowest BCUT2D eigenvalue weighted by atomic mass is 9.87. The number of nitrogens with one attached hydrogen (secondary N) is 1. The van der Waals surface area contributed by atoms with Gasteiger partial charge in [-0.05, 0) is 51.4 Å². The van der Waals surface area contributed by atoms with E-state index in [-0.39, 0.29) is 0 Å². The van der Waals surface area contributed by atoms with Gasteiger partial charge in [-0.1, -0.05) is 12.2 Å². The van der Waals surface area contributed by atoms with E-state index in [2.05, 4.69) is 43.2 Å². The molecule has 1 saturated carbocycles. The Bertz CT molecular complexity index is 451. The van der Waals surface area contributed by atoms with Crippen LogP contribution in [0.5, 0.6) is 0 Å². The van der Waals surface area contributed by atoms with Gasteiger partial charge >= 0.3 is 0 Å². The summed E-state index contributed by atoms with van der Waals surface area (Å²) in [6, 6.07) is 0.964. The summed E-state index contributed by atoms with van der Waals surface area (Å²) in [5, 5.41) is 4.97. The number of rotatable bonds is 4. The maximum absolute atomic E-state index is 4.49. The molecule has 0 amide bonds. The highest BCUT2D eigenvalue weighted by molar-refractivity contribution is 7.11. The molecule has 0 spiro atoms. The first-order valence-corrected chi connectivity index (χ1v) is 7.82. The summed E-state index contributed by atoms with van der Waals surface area (Å²) < 4.78 is 0. The number of aromatic nitrogens is 1. The second kappa shape index (κ2) is 4.78. The molecule has 98 valence electrons. The van der Waals surface area contributed by atoms with Crippen LogP contribution in [-0.2, 0) is 0 Å². The lowest BCUT2D eigenvalue weighted by molar-refractivity contribution is 0.307. The SMILES string of the molecule is Cc1cnc(C(C)NC(C)C2CC3C=CC2C3)s1. The molecule has 5 atom stereocenters. The van der Waals surface area contributed by atoms with Gasteiger partial charge in [-0.2, -0.15) is 0 Å². The Balaban J connectivity index is 1.61. The summed E-state index contributed by atoms with van der Waals surface area (Å²) in [5.74, 6) is 2.51. The fourth-order valence-electron chi connectivity index (χ4n) is 3.56. The van der Waals surface area contributed by atoms with Gasteiger partial charge in [0.05, 0.1) is 6.04 Å². The van der Waals surface area contributed by atoms with E-state index in [1.54, 1.807) is 0 Å². The Labute approximate surface area is 114 Å². The Hall–Kier alpha value is -0.670. The van der Waals surface area contributed by atoms with Gasteiger partial charge in [0.15, 0.2) is 0 Å². The van der Waals surface area contributed by atoms with E-state index in [0.717, 1.165) is 17.8 Å². The molecule has 2 aliphatic carbocycles. The Morgan fingerprint density at radius 1 is 1.33 bits per heavy atom. The fraction of sp³-hybridized carbons (Fsp3) is 0.667. The van der Waals surface area contributed by atoms with E-state index in [1.807, 2.05) is 17.5 Å². The lowest BCUT2D eigenvalue weighted by Crippen LogP contribution is -2.37. The van der Waals surface area contributed by atoms with Crippen LogP contribution >= 0.6 is 11.3 Å². The van der Waals surface area contributed by atoms with Gasteiger partial charge in [-0.25, -0.2) is 4.98 Å². The molecule has 2 aliphatic rings. The first kappa shape index (κ1) is 12.4. The van der Waals surface area contributed by atoms with Crippen molar-refractivity contribution in [1.82, 2.24) is 10.3 Å². The molecule has 0 radical (unpaired) electrons. The Morgan fingerprint density at radius 3 is 2.72 bits per heavy atom. The van der Waals surface area contributed by atoms with Gasteiger partial charge in [-0.15, -0.1) is 11.3 Å². The summed E-state index contributed by atoms with van der Waals surface area (Å²) in [7, 11) is 0. The van der Waals surface area contributed by atoms with Crippen molar-refractivity contribution in [1.29, 1.82) is 0 Å². The average Bonchev–Trinajstić information content (AvgIpc) is 3.03. The third-order valence-electron chi connectivity index (χ3n) is 4.49. The number of fused-ring (bicyclic) bond motifs is 2. The summed E-state index contributed by atoms with van der Waals surface area (Å²) >= 11 is 1.81. The van der Waals surface area contributed by atoms with Crippen molar-refractivity contribution in [2.24, 2.45) is 17.8 Å². The van der Waals surface area contributed by atoms with Gasteiger partial charge in [0, 0.05) is 17.1 Å². The summed E-state index contributed by atoms with van der Waals surface area (Å²) in [5.41, 5.74) is 0. The minimum atomic E-state index is 0.377. The smallest absolute Gasteiger partial charge is 0.109 e. The van der Waals surface area contributed by atoms with E-state index < -0.39 is 0 Å². The van der Waals surface area contributed by atoms with Gasteiger partial charge in [-0.3, -0.25) is 0 Å². The van der Waals surface area contributed by atoms with Crippen molar-refractivity contribution in [2.45, 2.75) is 45.7 Å². The van der Waals surface area contributed by atoms with Crippen LogP contribution in [0.3, 0.4) is 0 Å². The van der Waals surface area contributed by atoms with Crippen LogP contribution in [0.25, 0.3) is 0 Å². The first-order chi connectivity index (χ1) is 8.63. The zero-order valence-electron chi connectivity index (χ0n) is 11.4. The molecule has 0 saturated heterocycles. The van der Waals surface area contributed by atoms with Crippen LogP contribution in [0.4, 0.5) is 0 Å². The molecule has 1 N–H and O–H groups in total. The van der Waals surface area contributed by atoms with Crippen LogP contribution < -0.4 is 5.32 Å². The zero-order valence-corrected chi connectivity index (χ0v) is 12.2. The molecule has 1 aromatic rings. The van der Waals surface area contributed by atoms with E-state index in [9.17, 15) is 0 Å². The zero-order chi connectivity index (χ0) is 12.7. The van der Waals surface area contributed by atoms with E-state index in [0.29, 0.717) is 12.1 Å². The molecule has 18 heavy (non-hydrogen) atoms. The van der Waals surface area contributed by atoms with Crippen molar-refractivity contribution in [3.05, 3.63) is 28.2 Å². The maximum atomic E-state index is 4.49. The summed E-state index contributed by atoms with van der Waals surface area (Å²) in [6.07, 6.45) is 9.60. The highest BCUT2D eigenvalue weighted by Gasteiger charge is 2.38. The van der Waals surface area contributed by atoms with Crippen LogP contribution in [0, 0.1) is 24.7 Å². The van der Waals surface area contributed by atoms with E-state index in [1.165, 1.54) is 22.7 Å². The molecule has 5 unspecified atom stereocenters. The molecule has 1 fully saturated rings. The van der Waals surface area contributed by atoms with Crippen molar-refractivity contribution in [3.63, 3.8) is 0 Å². The second-order valence-corrected chi connectivity index (χ2v) is 7.20. The highest BCUT2D eigenvalue weighted by atomic mass is 32.1. The second-order valence-electron chi connectivity index (χ2n) is 5.93. The quantitative estimate of drug-likeness (QED) is 0.837. The van der Waals surface area contributed by atoms with Crippen molar-refractivity contribution < 1.29 is 0 Å². The first-order valence-electron chi connectivity index (χ1n) is 7.00. The fourth-order valence-corrected chi connectivity index (χ4v) is 4.35. The van der Waals surface area contributed by atoms with Crippen LogP contribution in [0.15, 0.2) is 18.3 Å². The van der Waals surface area contributed by atoms with Gasteiger partial charge < -0.3 is 5.32 Å². The van der Waals surface area contributed by atoms with Gasteiger partial charge in [0.25, 0.3) is 0 Å². The molecule has 3 rings (SSSR count). The predicted octanol–water partition coefficient (Wildman–Crippen LogP) is 3.70. The molecule has 0 aliphatic heterocycles. The predicted molar refractivity (Wildman–Crippen MR) is 76.7 cm³/mol. The van der Waals surface area contributed by atoms with Crippen LogP contribution in [0.2, 0.25) is 0 Å². The third-order valence-corrected chi connectivity index (χ3v) is 5.59. The maximum Gasteiger partial charge on any atom is 0.109 e. The molecule has 2 nitrogen and oxygen atoms in total. The Kier molecular flexibility index (Phi) is 3.29. The van der Waals surface area contributed by atoms with Crippen LogP contribution in [-0.4, -0.2) is 11.0 Å². The molecule has 2 bridgehead atoms. The molecule has 0 aromatic carbocycles. The topological polar surface area (TPSA) is 24.9 Å². The standard InChI is InChI=1S/C15H22N2S/c1-9-8-16-15(18-9)11(3)17-10(2)14-7-12-4-5-13(14)6-12/h4-5,8,10-14,17H,6-7H2,1-3H3. The molecule has 3 heteroatoms. The number of nitrogens with zero attached hydrogens (tertiary/aromatic N) is 1. The number of hydrogen-bond acceptors (Lipinski definition) is 3. The largest absolute Gasteiger partial charge is 0.305 e. The number of hydrogen-bond donors (Lipinski definition) is 1. The van der Waals surface area contributed by atoms with E-state index in [4.69, 9.17) is 0 Å². The number of allylic oxidation sites excluding steroid dienone is 2. The minimum absolute atomic E-state index is 0.377. The lowest BCUT2D eigenvalue weighted by Gasteiger charge is -2.28. The van der Waals surface area contributed by atoms with Crippen molar-refractivity contribution >= 4 is 11.3 Å². The normalized spacial score (nSPS) is 32.9. The highest BCUT2D eigenvalue weighted by Crippen LogP contribution is 2.45. The van der Waals surface area contributed by atoms with Crippen molar-refractivity contribution in [2.75, 3.05) is 0 Å². The molecule has 1 aromatic heterocycles. The van der Waals surface area contributed by atoms with Crippen LogP contribution in [0.1, 0.15) is 42.6 Å². The van der Waals surface area contributed by atoms with Crippen molar-refractivity contribution in [3.8, 4) is 0 Å². The number of aryl methyl sites for hydroxylation is 1. The molecular weight excluding hydrogens is 240 g/mol. The molecule has 1 heterocycles. The van der Waals surface area contributed by atoms with Gasteiger partial charge in [0.2, 0.25) is 0 Å². The molecular formula is C15H22N2S. The average molecular weight is 262 g/mol. The number of thiazole rings is 1. The third kappa shape index (κ3) is 2.26. The summed E-state index contributed by atoms with van der Waals surface area (Å²) in [4.78, 5) is 5.79. The Morgan fingerprint density at radius 2 is 2.17 bits per heavy atom. The van der Waals surface area contributed by atoms with Gasteiger partial charge in [0.1, 0.15) is 5.01 Å².